The summed E-state index contributed by atoms with van der Waals surface area (Å²) in [5, 5.41) is 10.0. The standard InChI is InChI=1S/C24H24FNO10S2/c1-34-24(29)26(19-5-4-15-16-7-12(16)10-35-22(15)21(19)23(27)28)38(32,33)20-6-3-14(25)9-18(20)17-8-13(17)11-36-37(2,30)31/h3-6,9,12-13,16-17H,7-8,10-11H2,1-2H3,(H,27,28)/t12-,13?,16-,17?/m0/s1. The van der Waals surface area contributed by atoms with Crippen LogP contribution in [0.4, 0.5) is 14.9 Å². The minimum atomic E-state index is -4.86. The Hall–Kier alpha value is -3.23. The van der Waals surface area contributed by atoms with Gasteiger partial charge in [-0.25, -0.2) is 22.4 Å². The van der Waals surface area contributed by atoms with E-state index in [0.717, 1.165) is 38.0 Å². The van der Waals surface area contributed by atoms with E-state index in [0.29, 0.717) is 12.0 Å². The summed E-state index contributed by atoms with van der Waals surface area (Å²) < 4.78 is 80.4. The van der Waals surface area contributed by atoms with Crippen LogP contribution in [-0.2, 0) is 29.1 Å². The van der Waals surface area contributed by atoms with Crippen molar-refractivity contribution in [2.75, 3.05) is 30.9 Å². The Morgan fingerprint density at radius 1 is 1.11 bits per heavy atom. The number of hydrogen-bond donors (Lipinski definition) is 1. The van der Waals surface area contributed by atoms with Crippen LogP contribution < -0.4 is 9.04 Å². The predicted octanol–water partition coefficient (Wildman–Crippen LogP) is 3.06. The van der Waals surface area contributed by atoms with Crippen LogP contribution in [0.2, 0.25) is 0 Å². The summed E-state index contributed by atoms with van der Waals surface area (Å²) in [6.45, 7) is 0.0425. The van der Waals surface area contributed by atoms with E-state index in [2.05, 4.69) is 0 Å². The van der Waals surface area contributed by atoms with E-state index in [-0.39, 0.29) is 40.7 Å². The van der Waals surface area contributed by atoms with Crippen LogP contribution in [0.1, 0.15) is 46.2 Å². The average Bonchev–Trinajstić information content (AvgIpc) is 3.75. The molecule has 0 spiro atoms. The van der Waals surface area contributed by atoms with Gasteiger partial charge in [0.1, 0.15) is 17.1 Å². The maximum atomic E-state index is 14.3. The quantitative estimate of drug-likeness (QED) is 0.469. The third-order valence-electron chi connectivity index (χ3n) is 7.01. The van der Waals surface area contributed by atoms with E-state index in [1.165, 1.54) is 12.1 Å². The molecule has 1 amide bonds. The second-order valence-electron chi connectivity index (χ2n) is 9.61. The first kappa shape index (κ1) is 26.4. The summed E-state index contributed by atoms with van der Waals surface area (Å²) in [6, 6.07) is 5.64. The molecular weight excluding hydrogens is 545 g/mol. The smallest absolute Gasteiger partial charge is 0.428 e. The molecule has 0 bridgehead atoms. The maximum absolute atomic E-state index is 14.3. The van der Waals surface area contributed by atoms with Gasteiger partial charge >= 0.3 is 12.1 Å². The Morgan fingerprint density at radius 3 is 2.50 bits per heavy atom. The number of amides is 1. The molecule has 2 aromatic rings. The molecule has 5 rings (SSSR count). The summed E-state index contributed by atoms with van der Waals surface area (Å²) in [6.07, 6.45) is 0.628. The molecule has 1 aliphatic heterocycles. The predicted molar refractivity (Wildman–Crippen MR) is 130 cm³/mol. The van der Waals surface area contributed by atoms with Gasteiger partial charge in [-0.05, 0) is 66.0 Å². The van der Waals surface area contributed by atoms with E-state index in [9.17, 15) is 35.9 Å². The van der Waals surface area contributed by atoms with E-state index in [1.54, 1.807) is 0 Å². The van der Waals surface area contributed by atoms with Crippen molar-refractivity contribution in [2.45, 2.75) is 29.6 Å². The SMILES string of the molecule is COC(=O)N(c1ccc2c(c1C(=O)O)OC[C@@H]1C[C@H]21)S(=O)(=O)c1ccc(F)cc1C1CC1COS(C)(=O)=O. The van der Waals surface area contributed by atoms with Crippen LogP contribution in [0.3, 0.4) is 0 Å². The summed E-state index contributed by atoms with van der Waals surface area (Å²) in [4.78, 5) is 24.8. The monoisotopic (exact) mass is 569 g/mol. The summed E-state index contributed by atoms with van der Waals surface area (Å²) in [5.41, 5.74) is -0.353. The number of carbonyl (C=O) groups excluding carboxylic acids is 1. The van der Waals surface area contributed by atoms with Crippen molar-refractivity contribution in [3.63, 3.8) is 0 Å². The van der Waals surface area contributed by atoms with Crippen LogP contribution >= 0.6 is 0 Å². The van der Waals surface area contributed by atoms with E-state index in [4.69, 9.17) is 13.7 Å². The molecule has 204 valence electrons. The molecule has 2 unspecified atom stereocenters. The highest BCUT2D eigenvalue weighted by atomic mass is 32.2. The summed E-state index contributed by atoms with van der Waals surface area (Å²) >= 11 is 0. The van der Waals surface area contributed by atoms with Gasteiger partial charge in [0.15, 0.2) is 0 Å². The fraction of sp³-hybridized carbons (Fsp3) is 0.417. The number of aromatic carboxylic acids is 1. The van der Waals surface area contributed by atoms with Crippen LogP contribution in [0.15, 0.2) is 35.2 Å². The van der Waals surface area contributed by atoms with Crippen LogP contribution in [-0.4, -0.2) is 60.6 Å². The number of anilines is 1. The Balaban J connectivity index is 1.60. The lowest BCUT2D eigenvalue weighted by atomic mass is 10.00. The zero-order chi connectivity index (χ0) is 27.6. The van der Waals surface area contributed by atoms with Crippen molar-refractivity contribution in [2.24, 2.45) is 11.8 Å². The average molecular weight is 570 g/mol. The van der Waals surface area contributed by atoms with Crippen molar-refractivity contribution in [3.8, 4) is 5.75 Å². The Labute approximate surface area is 218 Å². The number of hydrogen-bond acceptors (Lipinski definition) is 9. The lowest BCUT2D eigenvalue weighted by molar-refractivity contribution is 0.0692. The van der Waals surface area contributed by atoms with Gasteiger partial charge in [0.05, 0.1) is 37.2 Å². The van der Waals surface area contributed by atoms with Crippen molar-refractivity contribution in [3.05, 3.63) is 52.8 Å². The van der Waals surface area contributed by atoms with Crippen LogP contribution in [0.5, 0.6) is 5.75 Å². The van der Waals surface area contributed by atoms with Crippen LogP contribution in [0, 0.1) is 17.7 Å². The maximum Gasteiger partial charge on any atom is 0.428 e. The molecule has 2 saturated carbocycles. The fourth-order valence-electron chi connectivity index (χ4n) is 4.99. The Bertz CT molecular complexity index is 1560. The van der Waals surface area contributed by atoms with E-state index in [1.807, 2.05) is 0 Å². The number of ether oxygens (including phenoxy) is 2. The largest absolute Gasteiger partial charge is 0.492 e. The molecule has 14 heteroatoms. The van der Waals surface area contributed by atoms with Gasteiger partial charge in [-0.1, -0.05) is 6.07 Å². The third kappa shape index (κ3) is 4.71. The molecule has 2 aliphatic carbocycles. The summed E-state index contributed by atoms with van der Waals surface area (Å²) in [5.74, 6) is -2.88. The highest BCUT2D eigenvalue weighted by Crippen LogP contribution is 2.56. The van der Waals surface area contributed by atoms with E-state index >= 15 is 0 Å². The van der Waals surface area contributed by atoms with Gasteiger partial charge in [0, 0.05) is 5.92 Å². The van der Waals surface area contributed by atoms with Gasteiger partial charge < -0.3 is 14.6 Å². The first-order chi connectivity index (χ1) is 17.8. The number of rotatable bonds is 8. The molecule has 4 atom stereocenters. The molecule has 0 aromatic heterocycles. The fourth-order valence-corrected chi connectivity index (χ4v) is 7.04. The number of fused-ring (bicyclic) bond motifs is 3. The molecule has 1 N–H and O–H groups in total. The minimum absolute atomic E-state index is 0.00244. The van der Waals surface area contributed by atoms with Gasteiger partial charge in [0.2, 0.25) is 0 Å². The molecular formula is C24H24FNO10S2. The van der Waals surface area contributed by atoms with Crippen molar-refractivity contribution in [1.82, 2.24) is 0 Å². The molecule has 3 aliphatic rings. The van der Waals surface area contributed by atoms with Gasteiger partial charge in [-0.3, -0.25) is 4.18 Å². The third-order valence-corrected chi connectivity index (χ3v) is 9.33. The number of carboxylic acids is 1. The number of carbonyl (C=O) groups is 2. The first-order valence-corrected chi connectivity index (χ1v) is 14.9. The van der Waals surface area contributed by atoms with Crippen molar-refractivity contribution < 1.29 is 49.6 Å². The molecule has 0 radical (unpaired) electrons. The number of benzene rings is 2. The highest BCUT2D eigenvalue weighted by molar-refractivity contribution is 7.93. The lowest BCUT2D eigenvalue weighted by Crippen LogP contribution is -2.38. The van der Waals surface area contributed by atoms with E-state index < -0.39 is 66.0 Å². The Morgan fingerprint density at radius 2 is 1.84 bits per heavy atom. The number of sulfonamides is 1. The zero-order valence-corrected chi connectivity index (χ0v) is 21.9. The minimum Gasteiger partial charge on any atom is -0.492 e. The Kier molecular flexibility index (Phi) is 6.39. The van der Waals surface area contributed by atoms with Crippen LogP contribution in [0.25, 0.3) is 0 Å². The second kappa shape index (κ2) is 9.20. The lowest BCUT2D eigenvalue weighted by Gasteiger charge is -2.27. The molecule has 11 nitrogen and oxygen atoms in total. The molecule has 1 heterocycles. The highest BCUT2D eigenvalue weighted by Gasteiger charge is 2.48. The van der Waals surface area contributed by atoms with Crippen molar-refractivity contribution >= 4 is 37.9 Å². The van der Waals surface area contributed by atoms with Gasteiger partial charge in [-0.2, -0.15) is 12.7 Å². The topological polar surface area (TPSA) is 154 Å². The second-order valence-corrected chi connectivity index (χ2v) is 13.0. The molecule has 2 fully saturated rings. The summed E-state index contributed by atoms with van der Waals surface area (Å²) in [7, 11) is -7.66. The van der Waals surface area contributed by atoms with Gasteiger partial charge in [-0.15, -0.1) is 0 Å². The number of methoxy groups -OCH3 is 1. The molecule has 38 heavy (non-hydrogen) atoms. The normalized spacial score (nSPS) is 23.4. The first-order valence-electron chi connectivity index (χ1n) is 11.6. The zero-order valence-electron chi connectivity index (χ0n) is 20.3. The van der Waals surface area contributed by atoms with Gasteiger partial charge in [0.25, 0.3) is 20.1 Å². The number of nitrogens with zero attached hydrogens (tertiary/aromatic N) is 1. The molecule has 0 saturated heterocycles. The number of halogens is 1. The molecule has 2 aromatic carbocycles. The number of carboxylic acid groups (broad SMARTS) is 1. The van der Waals surface area contributed by atoms with Crippen molar-refractivity contribution in [1.29, 1.82) is 0 Å².